The SMILES string of the molecule is N#CC(=C1CCN(C(=O)C(=O)c2c[nH]c3c(NC(=O)Nc4ccccc4C(=O)O)cccc23)CC1)c1ccccc1. The number of rotatable bonds is 6. The van der Waals surface area contributed by atoms with Crippen molar-refractivity contribution in [2.24, 2.45) is 0 Å². The highest BCUT2D eigenvalue weighted by Gasteiger charge is 2.29. The van der Waals surface area contributed by atoms with Crippen LogP contribution >= 0.6 is 0 Å². The van der Waals surface area contributed by atoms with E-state index in [-0.39, 0.29) is 16.8 Å². The molecule has 10 nitrogen and oxygen atoms in total. The molecule has 4 N–H and O–H groups in total. The van der Waals surface area contributed by atoms with E-state index in [1.807, 2.05) is 30.3 Å². The van der Waals surface area contributed by atoms with Gasteiger partial charge < -0.3 is 25.6 Å². The largest absolute Gasteiger partial charge is 0.478 e. The van der Waals surface area contributed by atoms with E-state index >= 15 is 0 Å². The molecule has 0 radical (unpaired) electrons. The number of carboxylic acid groups (broad SMARTS) is 1. The molecule has 1 aromatic heterocycles. The predicted molar refractivity (Wildman–Crippen MR) is 153 cm³/mol. The van der Waals surface area contributed by atoms with Gasteiger partial charge in [-0.15, -0.1) is 0 Å². The maximum atomic E-state index is 13.3. The lowest BCUT2D eigenvalue weighted by molar-refractivity contribution is -0.126. The van der Waals surface area contributed by atoms with Crippen molar-refractivity contribution >= 4 is 51.5 Å². The monoisotopic (exact) mass is 547 g/mol. The molecule has 1 saturated heterocycles. The number of aromatic amines is 1. The molecule has 3 aromatic carbocycles. The van der Waals surface area contributed by atoms with Crippen LogP contribution in [-0.2, 0) is 4.79 Å². The van der Waals surface area contributed by atoms with Crippen molar-refractivity contribution in [2.45, 2.75) is 12.8 Å². The molecule has 0 atom stereocenters. The zero-order valence-electron chi connectivity index (χ0n) is 21.8. The second kappa shape index (κ2) is 11.6. The topological polar surface area (TPSA) is 155 Å². The van der Waals surface area contributed by atoms with Gasteiger partial charge in [-0.1, -0.05) is 54.6 Å². The Balaban J connectivity index is 1.29. The molecule has 10 heteroatoms. The summed E-state index contributed by atoms with van der Waals surface area (Å²) in [4.78, 5) is 55.0. The summed E-state index contributed by atoms with van der Waals surface area (Å²) in [6.45, 7) is 0.649. The quantitative estimate of drug-likeness (QED) is 0.146. The van der Waals surface area contributed by atoms with Crippen LogP contribution in [0.2, 0.25) is 0 Å². The van der Waals surface area contributed by atoms with Gasteiger partial charge in [-0.25, -0.2) is 9.59 Å². The number of hydrogen-bond donors (Lipinski definition) is 4. The minimum Gasteiger partial charge on any atom is -0.478 e. The van der Waals surface area contributed by atoms with Crippen molar-refractivity contribution in [3.8, 4) is 6.07 Å². The average Bonchev–Trinajstić information content (AvgIpc) is 3.43. The number of H-pyrrole nitrogens is 1. The first-order valence-electron chi connectivity index (χ1n) is 12.9. The molecule has 0 unspecified atom stereocenters. The third-order valence-electron chi connectivity index (χ3n) is 6.99. The van der Waals surface area contributed by atoms with E-state index in [2.05, 4.69) is 21.7 Å². The Morgan fingerprint density at radius 3 is 2.20 bits per heavy atom. The number of para-hydroxylation sites is 2. The zero-order valence-corrected chi connectivity index (χ0v) is 21.8. The van der Waals surface area contributed by atoms with Crippen LogP contribution in [0.5, 0.6) is 0 Å². The van der Waals surface area contributed by atoms with Gasteiger partial charge in [-0.3, -0.25) is 9.59 Å². The fourth-order valence-electron chi connectivity index (χ4n) is 4.94. The summed E-state index contributed by atoms with van der Waals surface area (Å²) < 4.78 is 0. The van der Waals surface area contributed by atoms with Crippen molar-refractivity contribution in [1.82, 2.24) is 9.88 Å². The number of anilines is 2. The van der Waals surface area contributed by atoms with Crippen LogP contribution in [0.3, 0.4) is 0 Å². The van der Waals surface area contributed by atoms with Crippen molar-refractivity contribution in [3.05, 3.63) is 101 Å². The van der Waals surface area contributed by atoms with Crippen LogP contribution in [0.25, 0.3) is 16.5 Å². The molecular formula is C31H25N5O5. The third kappa shape index (κ3) is 5.55. The summed E-state index contributed by atoms with van der Waals surface area (Å²) in [7, 11) is 0. The van der Waals surface area contributed by atoms with Crippen molar-refractivity contribution in [2.75, 3.05) is 23.7 Å². The summed E-state index contributed by atoms with van der Waals surface area (Å²) in [5, 5.41) is 24.7. The molecule has 1 aliphatic heterocycles. The number of Topliss-reactive ketones (excluding diaryl/α,β-unsaturated/α-hetero) is 1. The van der Waals surface area contributed by atoms with Crippen LogP contribution < -0.4 is 10.6 Å². The number of carbonyl (C=O) groups excluding carboxylic acids is 3. The van der Waals surface area contributed by atoms with E-state index in [0.717, 1.165) is 11.1 Å². The molecule has 0 saturated carbocycles. The molecule has 204 valence electrons. The highest BCUT2D eigenvalue weighted by molar-refractivity contribution is 6.45. The van der Waals surface area contributed by atoms with Crippen LogP contribution in [0, 0.1) is 11.3 Å². The minimum atomic E-state index is -1.18. The maximum absolute atomic E-state index is 13.3. The molecule has 0 aliphatic carbocycles. The fraction of sp³-hybridized carbons (Fsp3) is 0.129. The average molecular weight is 548 g/mol. The van der Waals surface area contributed by atoms with Gasteiger partial charge in [0.25, 0.3) is 11.7 Å². The van der Waals surface area contributed by atoms with Gasteiger partial charge in [0.15, 0.2) is 0 Å². The summed E-state index contributed by atoms with van der Waals surface area (Å²) in [5.74, 6) is -2.49. The molecule has 2 heterocycles. The summed E-state index contributed by atoms with van der Waals surface area (Å²) in [5.41, 5.74) is 3.43. The van der Waals surface area contributed by atoms with Crippen LogP contribution in [0.4, 0.5) is 16.2 Å². The smallest absolute Gasteiger partial charge is 0.337 e. The number of nitrogens with zero attached hydrogens (tertiary/aromatic N) is 2. The number of hydrogen-bond acceptors (Lipinski definition) is 5. The highest BCUT2D eigenvalue weighted by atomic mass is 16.4. The number of fused-ring (bicyclic) bond motifs is 1. The van der Waals surface area contributed by atoms with E-state index in [0.29, 0.717) is 48.1 Å². The lowest BCUT2D eigenvalue weighted by Crippen LogP contribution is -2.40. The van der Waals surface area contributed by atoms with Crippen molar-refractivity contribution in [1.29, 1.82) is 5.26 Å². The number of nitriles is 1. The number of nitrogens with one attached hydrogen (secondary N) is 3. The second-order valence-electron chi connectivity index (χ2n) is 9.44. The Bertz CT molecular complexity index is 1740. The number of likely N-dealkylation sites (tertiary alicyclic amines) is 1. The zero-order chi connectivity index (χ0) is 28.9. The molecule has 1 fully saturated rings. The fourth-order valence-corrected chi connectivity index (χ4v) is 4.94. The number of aromatic carboxylic acids is 1. The van der Waals surface area contributed by atoms with Gasteiger partial charge in [-0.2, -0.15) is 5.26 Å². The van der Waals surface area contributed by atoms with Gasteiger partial charge >= 0.3 is 12.0 Å². The van der Waals surface area contributed by atoms with E-state index in [4.69, 9.17) is 0 Å². The molecule has 0 spiro atoms. The second-order valence-corrected chi connectivity index (χ2v) is 9.44. The Morgan fingerprint density at radius 2 is 1.49 bits per heavy atom. The molecule has 0 bridgehead atoms. The Kier molecular flexibility index (Phi) is 7.60. The number of allylic oxidation sites excluding steroid dienone is 1. The van der Waals surface area contributed by atoms with Gasteiger partial charge in [0.2, 0.25) is 0 Å². The number of urea groups is 1. The first-order valence-corrected chi connectivity index (χ1v) is 12.9. The number of ketones is 1. The van der Waals surface area contributed by atoms with Crippen LogP contribution in [0.15, 0.2) is 84.6 Å². The number of carboxylic acids is 1. The van der Waals surface area contributed by atoms with Crippen molar-refractivity contribution < 1.29 is 24.3 Å². The first-order chi connectivity index (χ1) is 19.9. The van der Waals surface area contributed by atoms with Gasteiger partial charge in [0.05, 0.1) is 39.7 Å². The minimum absolute atomic E-state index is 0.0589. The Labute approximate surface area is 234 Å². The number of amides is 3. The summed E-state index contributed by atoms with van der Waals surface area (Å²) >= 11 is 0. The number of benzene rings is 3. The summed E-state index contributed by atoms with van der Waals surface area (Å²) in [6.07, 6.45) is 2.43. The van der Waals surface area contributed by atoms with Gasteiger partial charge in [0, 0.05) is 24.7 Å². The normalized spacial score (nSPS) is 12.9. The van der Waals surface area contributed by atoms with E-state index in [1.54, 1.807) is 30.3 Å². The maximum Gasteiger partial charge on any atom is 0.337 e. The molecular weight excluding hydrogens is 522 g/mol. The Hall–Kier alpha value is -5.69. The number of aromatic nitrogens is 1. The number of carbonyl (C=O) groups is 4. The van der Waals surface area contributed by atoms with E-state index in [1.165, 1.54) is 23.2 Å². The van der Waals surface area contributed by atoms with Crippen molar-refractivity contribution in [3.63, 3.8) is 0 Å². The highest BCUT2D eigenvalue weighted by Crippen LogP contribution is 2.29. The summed E-state index contributed by atoms with van der Waals surface area (Å²) in [6, 6.07) is 21.9. The number of piperidine rings is 1. The molecule has 41 heavy (non-hydrogen) atoms. The van der Waals surface area contributed by atoms with E-state index < -0.39 is 23.7 Å². The van der Waals surface area contributed by atoms with Crippen LogP contribution in [0.1, 0.15) is 39.1 Å². The lowest BCUT2D eigenvalue weighted by atomic mass is 9.93. The predicted octanol–water partition coefficient (Wildman–Crippen LogP) is 5.29. The first kappa shape index (κ1) is 26.9. The van der Waals surface area contributed by atoms with E-state index in [9.17, 15) is 29.5 Å². The molecule has 3 amide bonds. The lowest BCUT2D eigenvalue weighted by Gasteiger charge is -2.28. The van der Waals surface area contributed by atoms with Gasteiger partial charge in [-0.05, 0) is 42.2 Å². The Morgan fingerprint density at radius 1 is 0.829 bits per heavy atom. The van der Waals surface area contributed by atoms with Gasteiger partial charge in [0.1, 0.15) is 0 Å². The van der Waals surface area contributed by atoms with Crippen LogP contribution in [-0.4, -0.2) is 51.8 Å². The molecule has 1 aliphatic rings. The molecule has 5 rings (SSSR count). The molecule has 4 aromatic rings. The third-order valence-corrected chi connectivity index (χ3v) is 6.99. The standard InChI is InChI=1S/C31H25N5O5/c32-17-23(19-7-2-1-3-8-19)20-13-15-36(16-14-20)29(38)28(37)24-18-33-27-21(24)10-6-12-26(27)35-31(41)34-25-11-5-4-9-22(25)30(39)40/h1-12,18,33H,13-16H2,(H,39,40)(H2,34,35,41).